The van der Waals surface area contributed by atoms with E-state index in [0.29, 0.717) is 30.5 Å². The van der Waals surface area contributed by atoms with Crippen LogP contribution in [0.3, 0.4) is 0 Å². The van der Waals surface area contributed by atoms with Crippen LogP contribution in [-0.4, -0.2) is 63.9 Å². The Morgan fingerprint density at radius 3 is 2.34 bits per heavy atom. The van der Waals surface area contributed by atoms with Gasteiger partial charge >= 0.3 is 0 Å². The van der Waals surface area contributed by atoms with Crippen molar-refractivity contribution >= 4 is 40.0 Å². The standard InChI is InChI=1S/C23H33N5O2S.HI/c1-18-9-5-7-11-21(18)19(2)26-23(24-3)25-17-20-10-6-8-12-22(20)31(29,30)28-15-13-27(4)14-16-28;/h5-12,19H,13-17H2,1-4H3,(H2,24,25,26);1H. The van der Waals surface area contributed by atoms with Gasteiger partial charge in [-0.1, -0.05) is 42.5 Å². The SMILES string of the molecule is CN=C(NCc1ccccc1S(=O)(=O)N1CCN(C)CC1)NC(C)c1ccccc1C.I. The summed E-state index contributed by atoms with van der Waals surface area (Å²) < 4.78 is 28.1. The lowest BCUT2D eigenvalue weighted by molar-refractivity contribution is 0.222. The van der Waals surface area contributed by atoms with Gasteiger partial charge in [-0.25, -0.2) is 8.42 Å². The highest BCUT2D eigenvalue weighted by Gasteiger charge is 2.29. The second-order valence-electron chi connectivity index (χ2n) is 7.96. The van der Waals surface area contributed by atoms with Gasteiger partial charge in [0.05, 0.1) is 10.9 Å². The number of sulfonamides is 1. The zero-order chi connectivity index (χ0) is 22.4. The van der Waals surface area contributed by atoms with Crippen LogP contribution in [0.15, 0.2) is 58.4 Å². The van der Waals surface area contributed by atoms with Crippen molar-refractivity contribution in [2.24, 2.45) is 4.99 Å². The second kappa shape index (κ2) is 12.0. The number of guanidine groups is 1. The quantitative estimate of drug-likeness (QED) is 0.317. The van der Waals surface area contributed by atoms with E-state index in [2.05, 4.69) is 46.5 Å². The molecule has 1 unspecified atom stereocenters. The molecule has 32 heavy (non-hydrogen) atoms. The Labute approximate surface area is 209 Å². The molecule has 9 heteroatoms. The van der Waals surface area contributed by atoms with Crippen molar-refractivity contribution in [3.8, 4) is 0 Å². The predicted molar refractivity (Wildman–Crippen MR) is 141 cm³/mol. The summed E-state index contributed by atoms with van der Waals surface area (Å²) in [5, 5.41) is 6.67. The Hall–Kier alpha value is -1.69. The largest absolute Gasteiger partial charge is 0.352 e. The van der Waals surface area contributed by atoms with Crippen molar-refractivity contribution in [2.75, 3.05) is 40.3 Å². The van der Waals surface area contributed by atoms with Gasteiger partial charge in [-0.15, -0.1) is 24.0 Å². The molecule has 1 fully saturated rings. The number of halogens is 1. The highest BCUT2D eigenvalue weighted by Crippen LogP contribution is 2.22. The number of aryl methyl sites for hydroxylation is 1. The number of aliphatic imine (C=N–C) groups is 1. The molecule has 0 aromatic heterocycles. The minimum Gasteiger partial charge on any atom is -0.352 e. The Kier molecular flexibility index (Phi) is 9.93. The number of nitrogens with one attached hydrogen (secondary N) is 2. The number of piperazine rings is 1. The predicted octanol–water partition coefficient (Wildman–Crippen LogP) is 2.98. The van der Waals surface area contributed by atoms with E-state index < -0.39 is 10.0 Å². The van der Waals surface area contributed by atoms with E-state index >= 15 is 0 Å². The number of rotatable bonds is 6. The molecule has 0 aliphatic carbocycles. The third-order valence-corrected chi connectivity index (χ3v) is 7.73. The summed E-state index contributed by atoms with van der Waals surface area (Å²) in [4.78, 5) is 6.82. The van der Waals surface area contributed by atoms with Crippen molar-refractivity contribution in [2.45, 2.75) is 31.3 Å². The molecular formula is C23H34IN5O2S. The van der Waals surface area contributed by atoms with Crippen molar-refractivity contribution in [3.63, 3.8) is 0 Å². The normalized spacial score (nSPS) is 16.8. The Balaban J connectivity index is 0.00000363. The monoisotopic (exact) mass is 571 g/mol. The van der Waals surface area contributed by atoms with E-state index in [1.807, 2.05) is 31.3 Å². The van der Waals surface area contributed by atoms with Gasteiger partial charge in [0.25, 0.3) is 0 Å². The van der Waals surface area contributed by atoms with Gasteiger partial charge in [-0.05, 0) is 43.7 Å². The van der Waals surface area contributed by atoms with Gasteiger partial charge in [0.2, 0.25) is 10.0 Å². The number of hydrogen-bond donors (Lipinski definition) is 2. The van der Waals surface area contributed by atoms with Crippen LogP contribution in [0.4, 0.5) is 0 Å². The topological polar surface area (TPSA) is 77.0 Å². The van der Waals surface area contributed by atoms with E-state index in [0.717, 1.165) is 18.7 Å². The fourth-order valence-electron chi connectivity index (χ4n) is 3.80. The zero-order valence-electron chi connectivity index (χ0n) is 19.2. The molecule has 1 aliphatic heterocycles. The molecule has 0 saturated carbocycles. The van der Waals surface area contributed by atoms with Gasteiger partial charge in [0.15, 0.2) is 5.96 Å². The minimum atomic E-state index is -3.54. The van der Waals surface area contributed by atoms with Crippen LogP contribution in [0.2, 0.25) is 0 Å². The van der Waals surface area contributed by atoms with Crippen molar-refractivity contribution in [1.29, 1.82) is 0 Å². The second-order valence-corrected chi connectivity index (χ2v) is 9.87. The van der Waals surface area contributed by atoms with E-state index in [4.69, 9.17) is 0 Å². The molecule has 0 radical (unpaired) electrons. The average Bonchev–Trinajstić information content (AvgIpc) is 2.77. The number of nitrogens with zero attached hydrogens (tertiary/aromatic N) is 3. The maximum atomic E-state index is 13.3. The summed E-state index contributed by atoms with van der Waals surface area (Å²) in [6.07, 6.45) is 0. The maximum absolute atomic E-state index is 13.3. The number of benzene rings is 2. The van der Waals surface area contributed by atoms with Gasteiger partial charge in [-0.2, -0.15) is 4.31 Å². The summed E-state index contributed by atoms with van der Waals surface area (Å²) in [7, 11) is 0.191. The molecular weight excluding hydrogens is 537 g/mol. The van der Waals surface area contributed by atoms with Crippen LogP contribution < -0.4 is 10.6 Å². The molecule has 0 amide bonds. The van der Waals surface area contributed by atoms with Crippen LogP contribution in [0, 0.1) is 6.92 Å². The van der Waals surface area contributed by atoms with E-state index in [1.54, 1.807) is 23.5 Å². The van der Waals surface area contributed by atoms with E-state index in [1.165, 1.54) is 11.1 Å². The first-order valence-electron chi connectivity index (χ1n) is 10.6. The summed E-state index contributed by atoms with van der Waals surface area (Å²) in [5.41, 5.74) is 3.14. The van der Waals surface area contributed by atoms with Crippen molar-refractivity contribution < 1.29 is 8.42 Å². The van der Waals surface area contributed by atoms with Crippen molar-refractivity contribution in [1.82, 2.24) is 19.8 Å². The molecule has 1 heterocycles. The molecule has 2 aromatic carbocycles. The third kappa shape index (κ3) is 6.43. The molecule has 1 atom stereocenters. The zero-order valence-corrected chi connectivity index (χ0v) is 22.4. The van der Waals surface area contributed by atoms with Gasteiger partial charge in [0, 0.05) is 39.8 Å². The molecule has 3 rings (SSSR count). The van der Waals surface area contributed by atoms with Gasteiger partial charge in [0.1, 0.15) is 0 Å². The maximum Gasteiger partial charge on any atom is 0.243 e. The fourth-order valence-corrected chi connectivity index (χ4v) is 5.44. The molecule has 1 saturated heterocycles. The van der Waals surface area contributed by atoms with Crippen LogP contribution in [-0.2, 0) is 16.6 Å². The van der Waals surface area contributed by atoms with E-state index in [9.17, 15) is 8.42 Å². The lowest BCUT2D eigenvalue weighted by atomic mass is 10.0. The molecule has 176 valence electrons. The molecule has 2 aromatic rings. The highest BCUT2D eigenvalue weighted by molar-refractivity contribution is 14.0. The lowest BCUT2D eigenvalue weighted by Crippen LogP contribution is -2.47. The van der Waals surface area contributed by atoms with Gasteiger partial charge < -0.3 is 15.5 Å². The summed E-state index contributed by atoms with van der Waals surface area (Å²) >= 11 is 0. The third-order valence-electron chi connectivity index (χ3n) is 5.73. The smallest absolute Gasteiger partial charge is 0.243 e. The molecule has 1 aliphatic rings. The highest BCUT2D eigenvalue weighted by atomic mass is 127. The van der Waals surface area contributed by atoms with Crippen LogP contribution in [0.1, 0.15) is 29.7 Å². The molecule has 7 nitrogen and oxygen atoms in total. The van der Waals surface area contributed by atoms with Gasteiger partial charge in [-0.3, -0.25) is 4.99 Å². The Morgan fingerprint density at radius 2 is 1.69 bits per heavy atom. The first-order chi connectivity index (χ1) is 14.8. The van der Waals surface area contributed by atoms with Crippen LogP contribution in [0.25, 0.3) is 0 Å². The summed E-state index contributed by atoms with van der Waals surface area (Å²) in [6.45, 7) is 7.04. The molecule has 2 N–H and O–H groups in total. The van der Waals surface area contributed by atoms with Crippen LogP contribution in [0.5, 0.6) is 0 Å². The Morgan fingerprint density at radius 1 is 1.06 bits per heavy atom. The fraction of sp³-hybridized carbons (Fsp3) is 0.435. The minimum absolute atomic E-state index is 0. The first kappa shape index (κ1) is 26.6. The molecule has 0 spiro atoms. The first-order valence-corrected chi connectivity index (χ1v) is 12.1. The summed E-state index contributed by atoms with van der Waals surface area (Å²) in [5.74, 6) is 0.627. The van der Waals surface area contributed by atoms with E-state index in [-0.39, 0.29) is 30.0 Å². The number of hydrogen-bond acceptors (Lipinski definition) is 4. The average molecular weight is 572 g/mol. The summed E-state index contributed by atoms with van der Waals surface area (Å²) in [6, 6.07) is 15.5. The molecule has 0 bridgehead atoms. The van der Waals surface area contributed by atoms with Crippen molar-refractivity contribution in [3.05, 3.63) is 65.2 Å². The lowest BCUT2D eigenvalue weighted by Gasteiger charge is -2.32. The Bertz CT molecular complexity index is 1020. The van der Waals surface area contributed by atoms with Crippen LogP contribution >= 0.6 is 24.0 Å². The number of likely N-dealkylation sites (N-methyl/N-ethyl adjacent to an activating group) is 1.